The molecular formula is C20H19FN2O4S. The number of fused-ring (bicyclic) bond motifs is 1. The Bertz CT molecular complexity index is 941. The largest absolute Gasteiger partial charge is 0.452 e. The zero-order chi connectivity index (χ0) is 20.1. The summed E-state index contributed by atoms with van der Waals surface area (Å²) in [6, 6.07) is 12.8. The second-order valence-electron chi connectivity index (χ2n) is 6.15. The van der Waals surface area contributed by atoms with Crippen LogP contribution in [0.2, 0.25) is 0 Å². The lowest BCUT2D eigenvalue weighted by Gasteiger charge is -2.18. The van der Waals surface area contributed by atoms with Crippen molar-refractivity contribution >= 4 is 34.7 Å². The van der Waals surface area contributed by atoms with E-state index in [1.165, 1.54) is 19.1 Å². The third-order valence-electron chi connectivity index (χ3n) is 3.99. The average Bonchev–Trinajstić information content (AvgIpc) is 3.09. The quantitative estimate of drug-likeness (QED) is 0.477. The number of ether oxygens (including phenoxy) is 1. The van der Waals surface area contributed by atoms with Crippen molar-refractivity contribution in [3.8, 4) is 0 Å². The second kappa shape index (κ2) is 8.88. The van der Waals surface area contributed by atoms with Gasteiger partial charge in [-0.05, 0) is 43.7 Å². The summed E-state index contributed by atoms with van der Waals surface area (Å²) in [5.74, 6) is -1.36. The maximum atomic E-state index is 13.0. The van der Waals surface area contributed by atoms with Crippen molar-refractivity contribution in [1.29, 1.82) is 0 Å². The molecular weight excluding hydrogens is 383 g/mol. The van der Waals surface area contributed by atoms with Crippen LogP contribution in [-0.4, -0.2) is 28.7 Å². The van der Waals surface area contributed by atoms with Gasteiger partial charge in [-0.15, -0.1) is 0 Å². The molecule has 0 saturated carbocycles. The summed E-state index contributed by atoms with van der Waals surface area (Å²) in [5, 5.41) is 3.10. The number of amides is 1. The smallest absolute Gasteiger partial charge is 0.317 e. The van der Waals surface area contributed by atoms with E-state index >= 15 is 0 Å². The molecule has 1 N–H and O–H groups in total. The number of rotatable bonds is 7. The first-order chi connectivity index (χ1) is 13.4. The first-order valence-corrected chi connectivity index (χ1v) is 9.64. The fraction of sp³-hybridized carbons (Fsp3) is 0.250. The van der Waals surface area contributed by atoms with Gasteiger partial charge in [0.05, 0.1) is 6.04 Å². The Morgan fingerprint density at radius 3 is 2.61 bits per heavy atom. The molecule has 146 valence electrons. The van der Waals surface area contributed by atoms with Crippen LogP contribution in [0.25, 0.3) is 11.1 Å². The van der Waals surface area contributed by atoms with Crippen LogP contribution >= 0.6 is 11.8 Å². The monoisotopic (exact) mass is 402 g/mol. The molecule has 2 atom stereocenters. The van der Waals surface area contributed by atoms with E-state index in [4.69, 9.17) is 9.15 Å². The van der Waals surface area contributed by atoms with E-state index in [0.717, 1.165) is 17.3 Å². The van der Waals surface area contributed by atoms with Gasteiger partial charge in [0.15, 0.2) is 11.7 Å². The number of carbonyl (C=O) groups is 2. The van der Waals surface area contributed by atoms with E-state index in [2.05, 4.69) is 10.3 Å². The Morgan fingerprint density at radius 2 is 1.89 bits per heavy atom. The number of para-hydroxylation sites is 2. The van der Waals surface area contributed by atoms with E-state index in [0.29, 0.717) is 16.3 Å². The molecule has 0 aliphatic carbocycles. The van der Waals surface area contributed by atoms with Gasteiger partial charge >= 0.3 is 5.97 Å². The van der Waals surface area contributed by atoms with Crippen molar-refractivity contribution in [2.75, 3.05) is 5.75 Å². The molecule has 0 aliphatic rings. The van der Waals surface area contributed by atoms with E-state index in [9.17, 15) is 14.0 Å². The van der Waals surface area contributed by atoms with Crippen LogP contribution in [0.3, 0.4) is 0 Å². The zero-order valence-corrected chi connectivity index (χ0v) is 16.2. The van der Waals surface area contributed by atoms with Crippen LogP contribution in [0, 0.1) is 5.82 Å². The fourth-order valence-electron chi connectivity index (χ4n) is 2.48. The Hall–Kier alpha value is -2.87. The first kappa shape index (κ1) is 19.9. The maximum Gasteiger partial charge on any atom is 0.317 e. The summed E-state index contributed by atoms with van der Waals surface area (Å²) in [6.45, 7) is 3.26. The van der Waals surface area contributed by atoms with Crippen LogP contribution in [0.1, 0.15) is 25.5 Å². The molecule has 3 rings (SSSR count). The normalized spacial score (nSPS) is 13.1. The minimum atomic E-state index is -0.959. The summed E-state index contributed by atoms with van der Waals surface area (Å²) >= 11 is 1.10. The number of carbonyl (C=O) groups excluding carboxylic acids is 2. The van der Waals surface area contributed by atoms with Crippen LogP contribution in [0.4, 0.5) is 4.39 Å². The lowest BCUT2D eigenvalue weighted by molar-refractivity contribution is -0.152. The Kier molecular flexibility index (Phi) is 6.30. The average molecular weight is 402 g/mol. The molecule has 1 heterocycles. The van der Waals surface area contributed by atoms with Crippen LogP contribution in [0.5, 0.6) is 0 Å². The second-order valence-corrected chi connectivity index (χ2v) is 7.08. The van der Waals surface area contributed by atoms with Crippen LogP contribution in [0.15, 0.2) is 58.2 Å². The fourth-order valence-corrected chi connectivity index (χ4v) is 3.10. The molecule has 1 amide bonds. The molecule has 0 bridgehead atoms. The van der Waals surface area contributed by atoms with Gasteiger partial charge < -0.3 is 14.5 Å². The van der Waals surface area contributed by atoms with Gasteiger partial charge in [-0.1, -0.05) is 36.0 Å². The highest BCUT2D eigenvalue weighted by Gasteiger charge is 2.20. The summed E-state index contributed by atoms with van der Waals surface area (Å²) in [6.07, 6.45) is -0.959. The molecule has 3 aromatic rings. The summed E-state index contributed by atoms with van der Waals surface area (Å²) in [5.41, 5.74) is 2.10. The highest BCUT2D eigenvalue weighted by Crippen LogP contribution is 2.23. The molecule has 0 spiro atoms. The summed E-state index contributed by atoms with van der Waals surface area (Å²) in [7, 11) is 0. The van der Waals surface area contributed by atoms with Gasteiger partial charge in [0, 0.05) is 0 Å². The number of hydrogen-bond donors (Lipinski definition) is 1. The standard InChI is InChI=1S/C20H19FN2O4S/c1-12(14-7-9-15(21)10-8-14)22-19(25)13(2)26-18(24)11-28-20-23-16-5-3-4-6-17(16)27-20/h3-10,12-13H,11H2,1-2H3,(H,22,25)/t12-,13-/m0/s1. The highest BCUT2D eigenvalue weighted by atomic mass is 32.2. The molecule has 28 heavy (non-hydrogen) atoms. The van der Waals surface area contributed by atoms with Crippen molar-refractivity contribution in [2.24, 2.45) is 0 Å². The van der Waals surface area contributed by atoms with Crippen molar-refractivity contribution < 1.29 is 23.1 Å². The molecule has 6 nitrogen and oxygen atoms in total. The lowest BCUT2D eigenvalue weighted by atomic mass is 10.1. The minimum absolute atomic E-state index is 0.0298. The van der Waals surface area contributed by atoms with Crippen molar-refractivity contribution in [2.45, 2.75) is 31.2 Å². The molecule has 1 aromatic heterocycles. The number of nitrogens with zero attached hydrogens (tertiary/aromatic N) is 1. The number of nitrogens with one attached hydrogen (secondary N) is 1. The molecule has 0 fully saturated rings. The molecule has 0 aliphatic heterocycles. The highest BCUT2D eigenvalue weighted by molar-refractivity contribution is 7.99. The Morgan fingerprint density at radius 1 is 1.18 bits per heavy atom. The SMILES string of the molecule is C[C@H](OC(=O)CSc1nc2ccccc2o1)C(=O)N[C@@H](C)c1ccc(F)cc1. The van der Waals surface area contributed by atoms with Gasteiger partial charge in [0.1, 0.15) is 17.1 Å². The van der Waals surface area contributed by atoms with Crippen molar-refractivity contribution in [1.82, 2.24) is 10.3 Å². The molecule has 8 heteroatoms. The maximum absolute atomic E-state index is 13.0. The van der Waals surface area contributed by atoms with Gasteiger partial charge in [0.2, 0.25) is 0 Å². The summed E-state index contributed by atoms with van der Waals surface area (Å²) < 4.78 is 23.7. The Labute approximate surface area is 165 Å². The number of aromatic nitrogens is 1. The van der Waals surface area contributed by atoms with Crippen molar-refractivity contribution in [3.05, 3.63) is 59.9 Å². The first-order valence-electron chi connectivity index (χ1n) is 8.66. The number of esters is 1. The predicted molar refractivity (Wildman–Crippen MR) is 103 cm³/mol. The van der Waals surface area contributed by atoms with E-state index in [1.807, 2.05) is 18.2 Å². The van der Waals surface area contributed by atoms with Gasteiger partial charge in [-0.2, -0.15) is 0 Å². The number of hydrogen-bond acceptors (Lipinski definition) is 6. The molecule has 0 saturated heterocycles. The molecule has 2 aromatic carbocycles. The predicted octanol–water partition coefficient (Wildman–Crippen LogP) is 3.87. The zero-order valence-electron chi connectivity index (χ0n) is 15.3. The summed E-state index contributed by atoms with van der Waals surface area (Å²) in [4.78, 5) is 28.5. The Balaban J connectivity index is 1.47. The van der Waals surface area contributed by atoms with Gasteiger partial charge in [0.25, 0.3) is 11.1 Å². The third kappa shape index (κ3) is 5.10. The van der Waals surface area contributed by atoms with E-state index < -0.39 is 18.0 Å². The minimum Gasteiger partial charge on any atom is -0.452 e. The number of benzene rings is 2. The van der Waals surface area contributed by atoms with Crippen molar-refractivity contribution in [3.63, 3.8) is 0 Å². The number of thioether (sulfide) groups is 1. The number of oxazole rings is 1. The molecule has 0 radical (unpaired) electrons. The third-order valence-corrected chi connectivity index (χ3v) is 4.80. The van der Waals surface area contributed by atoms with E-state index in [1.54, 1.807) is 25.1 Å². The van der Waals surface area contributed by atoms with Crippen LogP contribution in [-0.2, 0) is 14.3 Å². The van der Waals surface area contributed by atoms with Gasteiger partial charge in [-0.3, -0.25) is 9.59 Å². The number of halogens is 1. The van der Waals surface area contributed by atoms with Crippen LogP contribution < -0.4 is 5.32 Å². The molecule has 0 unspecified atom stereocenters. The van der Waals surface area contributed by atoms with Gasteiger partial charge in [-0.25, -0.2) is 9.37 Å². The van der Waals surface area contributed by atoms with E-state index in [-0.39, 0.29) is 17.6 Å². The lowest BCUT2D eigenvalue weighted by Crippen LogP contribution is -2.37. The topological polar surface area (TPSA) is 81.4 Å².